The van der Waals surface area contributed by atoms with Crippen molar-refractivity contribution >= 4 is 45.8 Å². The van der Waals surface area contributed by atoms with E-state index < -0.39 is 24.3 Å². The maximum Gasteiger partial charge on any atom is 0.407 e. The van der Waals surface area contributed by atoms with Crippen LogP contribution in [0, 0.1) is 17.8 Å². The summed E-state index contributed by atoms with van der Waals surface area (Å²) < 4.78 is 16.1. The SMILES string of the molecule is CC[C@H]1C[C@@H](c2ncc(-c3ccc4c(c3)COc3cc5c(ccc6nc([C@@H]7CC[C@H](C)N7C(=O)[C@@H](NC(=O)OC)C(C)C)[nH]c65)cc3-4)[nH]2)N(C(=O)C(NC(=O)OC)C(C)C)C1. The molecule has 61 heavy (non-hydrogen) atoms. The van der Waals surface area contributed by atoms with Crippen LogP contribution in [0.1, 0.15) is 96.5 Å². The van der Waals surface area contributed by atoms with Crippen LogP contribution < -0.4 is 15.4 Å². The van der Waals surface area contributed by atoms with Gasteiger partial charge in [0.15, 0.2) is 0 Å². The van der Waals surface area contributed by atoms with Crippen LogP contribution >= 0.6 is 0 Å². The summed E-state index contributed by atoms with van der Waals surface area (Å²) in [5.74, 6) is 1.97. The van der Waals surface area contributed by atoms with Gasteiger partial charge < -0.3 is 44.6 Å². The minimum atomic E-state index is -0.726. The number of H-pyrrole nitrogens is 2. The van der Waals surface area contributed by atoms with Crippen LogP contribution in [0.2, 0.25) is 0 Å². The quantitative estimate of drug-likeness (QED) is 0.109. The fourth-order valence-corrected chi connectivity index (χ4v) is 9.37. The van der Waals surface area contributed by atoms with E-state index in [0.29, 0.717) is 24.9 Å². The summed E-state index contributed by atoms with van der Waals surface area (Å²) in [4.78, 5) is 72.8. The number of nitrogens with zero attached hydrogens (tertiary/aromatic N) is 4. The number of ether oxygens (including phenoxy) is 3. The number of aromatic nitrogens is 4. The zero-order valence-electron chi connectivity index (χ0n) is 36.1. The average Bonchev–Trinajstić information content (AvgIpc) is 4.08. The molecule has 4 amide bonds. The molecule has 15 nitrogen and oxygen atoms in total. The van der Waals surface area contributed by atoms with Gasteiger partial charge in [0, 0.05) is 23.5 Å². The summed E-state index contributed by atoms with van der Waals surface area (Å²) in [5.41, 5.74) is 6.61. The molecule has 3 aromatic carbocycles. The molecule has 0 saturated carbocycles. The predicted octanol–water partition coefficient (Wildman–Crippen LogP) is 7.78. The molecule has 0 spiro atoms. The molecule has 5 aromatic rings. The number of methoxy groups -OCH3 is 2. The van der Waals surface area contributed by atoms with E-state index >= 15 is 0 Å². The molecular formula is C46H56N8O7. The molecule has 2 aromatic heterocycles. The van der Waals surface area contributed by atoms with E-state index in [1.807, 2.05) is 56.7 Å². The van der Waals surface area contributed by atoms with Gasteiger partial charge in [-0.05, 0) is 90.3 Å². The number of hydrogen-bond acceptors (Lipinski definition) is 9. The molecule has 0 aliphatic carbocycles. The Morgan fingerprint density at radius 1 is 0.869 bits per heavy atom. The van der Waals surface area contributed by atoms with Crippen molar-refractivity contribution in [3.8, 4) is 28.1 Å². The molecule has 6 atom stereocenters. The van der Waals surface area contributed by atoms with Crippen LogP contribution in [-0.4, -0.2) is 92.6 Å². The molecule has 0 bridgehead atoms. The molecule has 3 aliphatic heterocycles. The highest BCUT2D eigenvalue weighted by Crippen LogP contribution is 2.44. The Morgan fingerprint density at radius 3 is 2.28 bits per heavy atom. The lowest BCUT2D eigenvalue weighted by Crippen LogP contribution is -2.52. The monoisotopic (exact) mass is 832 g/mol. The number of fused-ring (bicyclic) bond motifs is 6. The molecule has 0 radical (unpaired) electrons. The van der Waals surface area contributed by atoms with E-state index in [4.69, 9.17) is 24.2 Å². The molecule has 15 heteroatoms. The highest BCUT2D eigenvalue weighted by molar-refractivity contribution is 6.07. The molecule has 322 valence electrons. The number of rotatable bonds is 10. The largest absolute Gasteiger partial charge is 0.488 e. The van der Waals surface area contributed by atoms with Gasteiger partial charge in [-0.1, -0.05) is 59.2 Å². The van der Waals surface area contributed by atoms with Gasteiger partial charge >= 0.3 is 12.2 Å². The Bertz CT molecular complexity index is 2490. The predicted molar refractivity (Wildman–Crippen MR) is 230 cm³/mol. The summed E-state index contributed by atoms with van der Waals surface area (Å²) in [6.45, 7) is 12.8. The number of nitrogens with one attached hydrogen (secondary N) is 4. The van der Waals surface area contributed by atoms with E-state index in [1.54, 1.807) is 0 Å². The summed E-state index contributed by atoms with van der Waals surface area (Å²) in [5, 5.41) is 7.48. The first-order valence-corrected chi connectivity index (χ1v) is 21.4. The van der Waals surface area contributed by atoms with Crippen LogP contribution in [0.15, 0.2) is 48.7 Å². The second kappa shape index (κ2) is 16.7. The van der Waals surface area contributed by atoms with Gasteiger partial charge in [0.25, 0.3) is 0 Å². The van der Waals surface area contributed by atoms with Crippen LogP contribution in [0.25, 0.3) is 44.2 Å². The first-order valence-electron chi connectivity index (χ1n) is 21.4. The van der Waals surface area contributed by atoms with E-state index in [2.05, 4.69) is 63.9 Å². The lowest BCUT2D eigenvalue weighted by atomic mass is 9.92. The minimum absolute atomic E-state index is 0.0257. The minimum Gasteiger partial charge on any atom is -0.488 e. The van der Waals surface area contributed by atoms with Crippen LogP contribution in [0.3, 0.4) is 0 Å². The molecule has 2 saturated heterocycles. The van der Waals surface area contributed by atoms with Crippen molar-refractivity contribution in [2.45, 2.75) is 104 Å². The second-order valence-corrected chi connectivity index (χ2v) is 17.4. The zero-order chi connectivity index (χ0) is 43.3. The number of alkyl carbamates (subject to hydrolysis) is 2. The van der Waals surface area contributed by atoms with Crippen molar-refractivity contribution in [1.29, 1.82) is 0 Å². The van der Waals surface area contributed by atoms with Crippen molar-refractivity contribution in [2.75, 3.05) is 20.8 Å². The Kier molecular flexibility index (Phi) is 11.4. The van der Waals surface area contributed by atoms with Gasteiger partial charge in [0.1, 0.15) is 36.1 Å². The van der Waals surface area contributed by atoms with Crippen molar-refractivity contribution in [1.82, 2.24) is 40.4 Å². The van der Waals surface area contributed by atoms with Crippen LogP contribution in [0.5, 0.6) is 5.75 Å². The Hall–Kier alpha value is -6.12. The number of imidazole rings is 2. The average molecular weight is 833 g/mol. The second-order valence-electron chi connectivity index (χ2n) is 17.4. The Labute approximate surface area is 355 Å². The number of likely N-dealkylation sites (tertiary alicyclic amines) is 2. The number of hydrogen-bond donors (Lipinski definition) is 4. The highest BCUT2D eigenvalue weighted by Gasteiger charge is 2.42. The van der Waals surface area contributed by atoms with E-state index in [-0.39, 0.29) is 41.8 Å². The molecule has 1 unspecified atom stereocenters. The number of aromatic amines is 2. The zero-order valence-corrected chi connectivity index (χ0v) is 36.1. The van der Waals surface area contributed by atoms with Crippen molar-refractivity contribution in [3.05, 3.63) is 65.9 Å². The summed E-state index contributed by atoms with van der Waals surface area (Å²) in [7, 11) is 2.59. The lowest BCUT2D eigenvalue weighted by molar-refractivity contribution is -0.137. The standard InChI is InChI=1S/C46H56N8O7/c1-9-26-16-36(53(21-26)43(55)38(23(2)3)51-45(57)59-7)41-47-20-34(49-41)28-11-13-30-29(17-28)22-61-37-19-31-27(18-32(30)37)12-14-33-40(31)50-42(48-33)35-15-10-25(6)54(35)44(56)39(24(4)5)52-46(58)60-8/h11-14,17-20,23-26,35-36,38-39H,9-10,15-16,21-22H2,1-8H3,(H,47,49)(H,48,50)(H,51,57)(H,52,58)/t25-,26-,35-,36-,38?,39-/m0/s1. The van der Waals surface area contributed by atoms with Crippen molar-refractivity contribution in [2.24, 2.45) is 17.8 Å². The number of benzene rings is 3. The van der Waals surface area contributed by atoms with Gasteiger partial charge in [0.05, 0.1) is 49.2 Å². The number of carbonyl (C=O) groups is 4. The van der Waals surface area contributed by atoms with E-state index in [0.717, 1.165) is 87.0 Å². The normalized spacial score (nSPS) is 20.7. The summed E-state index contributed by atoms with van der Waals surface area (Å²) >= 11 is 0. The van der Waals surface area contributed by atoms with Crippen molar-refractivity contribution < 1.29 is 33.4 Å². The first-order chi connectivity index (χ1) is 29.3. The molecule has 2 fully saturated rings. The highest BCUT2D eigenvalue weighted by atomic mass is 16.5. The summed E-state index contributed by atoms with van der Waals surface area (Å²) in [6.07, 6.45) is 3.83. The van der Waals surface area contributed by atoms with Gasteiger partial charge in [0.2, 0.25) is 11.8 Å². The number of amides is 4. The van der Waals surface area contributed by atoms with E-state index in [1.165, 1.54) is 14.2 Å². The Morgan fingerprint density at radius 2 is 1.59 bits per heavy atom. The fourth-order valence-electron chi connectivity index (χ4n) is 9.37. The lowest BCUT2D eigenvalue weighted by Gasteiger charge is -2.32. The third-order valence-corrected chi connectivity index (χ3v) is 12.9. The maximum atomic E-state index is 14.0. The van der Waals surface area contributed by atoms with Gasteiger partial charge in [-0.2, -0.15) is 0 Å². The molecule has 3 aliphatic rings. The topological polar surface area (TPSA) is 184 Å². The van der Waals surface area contributed by atoms with E-state index in [9.17, 15) is 19.2 Å². The maximum absolute atomic E-state index is 14.0. The number of carbonyl (C=O) groups excluding carboxylic acids is 4. The molecule has 8 rings (SSSR count). The fraction of sp³-hybridized carbons (Fsp3) is 0.478. The molecular weight excluding hydrogens is 777 g/mol. The molecule has 5 heterocycles. The molecule has 4 N–H and O–H groups in total. The van der Waals surface area contributed by atoms with Gasteiger partial charge in [-0.3, -0.25) is 9.59 Å². The van der Waals surface area contributed by atoms with Gasteiger partial charge in [-0.15, -0.1) is 0 Å². The summed E-state index contributed by atoms with van der Waals surface area (Å²) in [6, 6.07) is 12.7. The Balaban J connectivity index is 1.05. The van der Waals surface area contributed by atoms with Gasteiger partial charge in [-0.25, -0.2) is 19.6 Å². The third-order valence-electron chi connectivity index (χ3n) is 12.9. The van der Waals surface area contributed by atoms with Crippen LogP contribution in [-0.2, 0) is 25.7 Å². The first kappa shape index (κ1) is 41.6. The van der Waals surface area contributed by atoms with Crippen LogP contribution in [0.4, 0.5) is 9.59 Å². The smallest absolute Gasteiger partial charge is 0.407 e. The van der Waals surface area contributed by atoms with Crippen molar-refractivity contribution in [3.63, 3.8) is 0 Å². The third kappa shape index (κ3) is 7.74.